The fourth-order valence-electron chi connectivity index (χ4n) is 4.55. The van der Waals surface area contributed by atoms with Crippen LogP contribution in [-0.4, -0.2) is 76.5 Å². The summed E-state index contributed by atoms with van der Waals surface area (Å²) in [5.74, 6) is -1.90. The number of phosphoric ester groups is 1. The maximum Gasteiger partial charge on any atom is 0.490 e. The van der Waals surface area contributed by atoms with Gasteiger partial charge in [-0.3, -0.25) is 13.9 Å². The van der Waals surface area contributed by atoms with Crippen molar-refractivity contribution in [3.8, 4) is 5.75 Å². The van der Waals surface area contributed by atoms with Crippen LogP contribution in [0.4, 0.5) is 10.2 Å². The molecular formula is C25H27ClFN6O13P3. The number of carboxylic acids is 1. The number of halogens is 2. The topological polar surface area (TPSA) is 277 Å². The summed E-state index contributed by atoms with van der Waals surface area (Å²) in [6, 6.07) is 13.2. The number of alkyl halides is 1. The van der Waals surface area contributed by atoms with Crippen LogP contribution in [0.5, 0.6) is 5.75 Å². The highest BCUT2D eigenvalue weighted by molar-refractivity contribution is 7.68. The smallest absolute Gasteiger partial charge is 0.480 e. The van der Waals surface area contributed by atoms with Gasteiger partial charge in [-0.15, -0.1) is 0 Å². The SMILES string of the molecule is Nc1nc(Cl)nc2c1ncn2[C@@H]1O[C@H](COP(=O)(O)OP(=O)(O)OP(=O)(NC(Cc2ccccc2)C(=O)O)Oc2ccccc2)[C@@H](O)[C@@H]1F. The molecule has 0 spiro atoms. The minimum atomic E-state index is -5.93. The lowest BCUT2D eigenvalue weighted by Gasteiger charge is -2.25. The summed E-state index contributed by atoms with van der Waals surface area (Å²) in [5, 5.41) is 22.0. The van der Waals surface area contributed by atoms with Crippen LogP contribution in [0.3, 0.4) is 0 Å². The van der Waals surface area contributed by atoms with E-state index in [0.29, 0.717) is 5.56 Å². The van der Waals surface area contributed by atoms with Gasteiger partial charge in [0.05, 0.1) is 12.9 Å². The van der Waals surface area contributed by atoms with Crippen molar-refractivity contribution in [3.63, 3.8) is 0 Å². The number of aliphatic hydroxyl groups excluding tert-OH is 1. The molecule has 5 rings (SSSR count). The van der Waals surface area contributed by atoms with Gasteiger partial charge in [0.2, 0.25) is 5.28 Å². The summed E-state index contributed by atoms with van der Waals surface area (Å²) in [6.07, 6.45) is -6.67. The number of hydrogen-bond acceptors (Lipinski definition) is 14. The molecule has 0 aliphatic carbocycles. The number of ether oxygens (including phenoxy) is 1. The Kier molecular flexibility index (Phi) is 11.2. The number of nitrogens with one attached hydrogen (secondary N) is 1. The number of nitrogens with two attached hydrogens (primary N) is 1. The van der Waals surface area contributed by atoms with Gasteiger partial charge in [0.1, 0.15) is 29.5 Å². The minimum Gasteiger partial charge on any atom is -0.480 e. The summed E-state index contributed by atoms with van der Waals surface area (Å²) in [4.78, 5) is 44.3. The van der Waals surface area contributed by atoms with Crippen molar-refractivity contribution >= 4 is 57.9 Å². The fourth-order valence-corrected chi connectivity index (χ4v) is 9.12. The van der Waals surface area contributed by atoms with Crippen LogP contribution in [0.2, 0.25) is 5.28 Å². The predicted molar refractivity (Wildman–Crippen MR) is 167 cm³/mol. The first-order chi connectivity index (χ1) is 23.0. The third-order valence-corrected chi connectivity index (χ3v) is 11.7. The summed E-state index contributed by atoms with van der Waals surface area (Å²) in [5.41, 5.74) is 6.20. The zero-order valence-electron chi connectivity index (χ0n) is 24.6. The highest BCUT2D eigenvalue weighted by atomic mass is 35.5. The molecule has 4 aromatic rings. The van der Waals surface area contributed by atoms with Crippen LogP contribution in [0.1, 0.15) is 11.8 Å². The molecule has 0 bridgehead atoms. The zero-order valence-corrected chi connectivity index (χ0v) is 28.0. The van der Waals surface area contributed by atoms with Crippen LogP contribution in [0.25, 0.3) is 11.2 Å². The van der Waals surface area contributed by atoms with Gasteiger partial charge in [0, 0.05) is 0 Å². The van der Waals surface area contributed by atoms with Crippen molar-refractivity contribution in [3.05, 3.63) is 77.8 Å². The number of rotatable bonds is 15. The van der Waals surface area contributed by atoms with Crippen molar-refractivity contribution < 1.29 is 65.3 Å². The van der Waals surface area contributed by atoms with Crippen LogP contribution in [-0.2, 0) is 42.8 Å². The molecule has 0 radical (unpaired) electrons. The molecular weight excluding hydrogens is 740 g/mol. The van der Waals surface area contributed by atoms with E-state index in [-0.39, 0.29) is 34.4 Å². The standard InChI is InChI=1S/C25H27ClFN6O13P3/c26-25-30-21(28)19-22(31-25)33(13-29-19)23-18(27)20(34)17(43-23)12-42-48(38,39)46-49(40,41)45-47(37,44-15-9-5-2-6-10-15)32-16(24(35)36)11-14-7-3-1-4-8-14/h1-10,13,16-18,20,23,34H,11-12H2,(H,32,37)(H,35,36)(H,38,39)(H,40,41)(H2,28,30,31)/t16?,17-,18+,20-,23-,47?/m1/s1. The van der Waals surface area contributed by atoms with Crippen LogP contribution < -0.4 is 15.3 Å². The van der Waals surface area contributed by atoms with Gasteiger partial charge < -0.3 is 35.0 Å². The number of aromatic nitrogens is 4. The first kappa shape index (κ1) is 36.9. The Morgan fingerprint density at radius 3 is 2.37 bits per heavy atom. The van der Waals surface area contributed by atoms with E-state index < -0.39 is 66.6 Å². The molecule has 1 aliphatic heterocycles. The van der Waals surface area contributed by atoms with Gasteiger partial charge in [0.15, 0.2) is 23.9 Å². The number of carbonyl (C=O) groups is 1. The molecule has 1 fully saturated rings. The number of imidazole rings is 1. The van der Waals surface area contributed by atoms with E-state index in [0.717, 1.165) is 10.9 Å². The lowest BCUT2D eigenvalue weighted by atomic mass is 10.1. The average Bonchev–Trinajstić information content (AvgIpc) is 3.55. The number of benzene rings is 2. The Balaban J connectivity index is 1.28. The highest BCUT2D eigenvalue weighted by Crippen LogP contribution is 2.67. The average molecular weight is 767 g/mol. The summed E-state index contributed by atoms with van der Waals surface area (Å²) >= 11 is 5.83. The van der Waals surface area contributed by atoms with Crippen molar-refractivity contribution in [2.75, 3.05) is 12.3 Å². The van der Waals surface area contributed by atoms with E-state index in [2.05, 4.69) is 33.2 Å². The fraction of sp³-hybridized carbons (Fsp3) is 0.280. The molecule has 24 heteroatoms. The van der Waals surface area contributed by atoms with Crippen LogP contribution >= 0.6 is 35.0 Å². The minimum absolute atomic E-state index is 0.0408. The number of phosphoric acid groups is 2. The molecule has 2 aromatic heterocycles. The normalized spacial score (nSPS) is 23.7. The molecule has 4 unspecified atom stereocenters. The second kappa shape index (κ2) is 14.9. The zero-order chi connectivity index (χ0) is 35.6. The number of nitrogen functional groups attached to an aromatic ring is 1. The Morgan fingerprint density at radius 1 is 1.06 bits per heavy atom. The Hall–Kier alpha value is -3.35. The van der Waals surface area contributed by atoms with Crippen molar-refractivity contribution in [2.45, 2.75) is 37.1 Å². The third-order valence-electron chi connectivity index (χ3n) is 6.67. The predicted octanol–water partition coefficient (Wildman–Crippen LogP) is 3.38. The molecule has 0 saturated carbocycles. The first-order valence-electron chi connectivity index (χ1n) is 13.8. The number of carboxylic acid groups (broad SMARTS) is 1. The number of hydrogen-bond donors (Lipinski definition) is 6. The van der Waals surface area contributed by atoms with E-state index in [1.54, 1.807) is 36.4 Å². The second-order valence-electron chi connectivity index (χ2n) is 10.2. The van der Waals surface area contributed by atoms with Gasteiger partial charge in [-0.2, -0.15) is 23.7 Å². The van der Waals surface area contributed by atoms with Crippen LogP contribution in [0.15, 0.2) is 67.0 Å². The van der Waals surface area contributed by atoms with Gasteiger partial charge in [-0.05, 0) is 35.7 Å². The maximum atomic E-state index is 15.1. The molecule has 49 heavy (non-hydrogen) atoms. The quantitative estimate of drug-likeness (QED) is 0.0747. The van der Waals surface area contributed by atoms with E-state index in [1.807, 2.05) is 0 Å². The Bertz CT molecular complexity index is 1950. The lowest BCUT2D eigenvalue weighted by molar-refractivity contribution is -0.139. The molecule has 7 N–H and O–H groups in total. The Morgan fingerprint density at radius 2 is 1.71 bits per heavy atom. The monoisotopic (exact) mass is 766 g/mol. The summed E-state index contributed by atoms with van der Waals surface area (Å²) < 4.78 is 79.9. The van der Waals surface area contributed by atoms with Crippen molar-refractivity contribution in [1.82, 2.24) is 24.6 Å². The Labute approximate surface area is 280 Å². The summed E-state index contributed by atoms with van der Waals surface area (Å²) in [6.45, 7) is -1.09. The largest absolute Gasteiger partial charge is 0.490 e. The van der Waals surface area contributed by atoms with E-state index in [1.165, 1.54) is 24.3 Å². The lowest BCUT2D eigenvalue weighted by Crippen LogP contribution is -2.38. The second-order valence-corrected chi connectivity index (χ2v) is 15.4. The third kappa shape index (κ3) is 9.26. The number of aliphatic carboxylic acids is 1. The number of para-hydroxylation sites is 1. The number of anilines is 1. The number of nitrogens with zero attached hydrogens (tertiary/aromatic N) is 4. The molecule has 3 heterocycles. The molecule has 1 saturated heterocycles. The molecule has 8 atom stereocenters. The van der Waals surface area contributed by atoms with Gasteiger partial charge in [-0.1, -0.05) is 48.5 Å². The maximum absolute atomic E-state index is 15.1. The number of aliphatic hydroxyl groups is 1. The number of fused-ring (bicyclic) bond motifs is 1. The molecule has 19 nitrogen and oxygen atoms in total. The molecule has 2 aromatic carbocycles. The van der Waals surface area contributed by atoms with E-state index in [4.69, 9.17) is 26.6 Å². The van der Waals surface area contributed by atoms with Gasteiger partial charge in [-0.25, -0.2) is 23.1 Å². The van der Waals surface area contributed by atoms with Gasteiger partial charge >= 0.3 is 29.4 Å². The van der Waals surface area contributed by atoms with Crippen molar-refractivity contribution in [1.29, 1.82) is 0 Å². The van der Waals surface area contributed by atoms with E-state index in [9.17, 15) is 38.5 Å². The van der Waals surface area contributed by atoms with E-state index >= 15 is 4.39 Å². The first-order valence-corrected chi connectivity index (χ1v) is 18.7. The van der Waals surface area contributed by atoms with Crippen LogP contribution in [0, 0.1) is 0 Å². The highest BCUT2D eigenvalue weighted by Gasteiger charge is 2.49. The van der Waals surface area contributed by atoms with Gasteiger partial charge in [0.25, 0.3) is 0 Å². The summed E-state index contributed by atoms with van der Waals surface area (Å²) in [7, 11) is -16.8. The van der Waals surface area contributed by atoms with Crippen molar-refractivity contribution in [2.24, 2.45) is 0 Å². The molecule has 264 valence electrons. The molecule has 0 amide bonds. The molecule has 1 aliphatic rings.